The number of nitrogens with zero attached hydrogens (tertiary/aromatic N) is 12. The third-order valence-electron chi connectivity index (χ3n) is 9.41. The van der Waals surface area contributed by atoms with E-state index in [1.54, 1.807) is 138 Å². The number of nitrogen functional groups attached to an aromatic ring is 1. The molecular weight excluding hydrogens is 1150 g/mol. The summed E-state index contributed by atoms with van der Waals surface area (Å²) in [6.45, 7) is 21.2. The predicted octanol–water partition coefficient (Wildman–Crippen LogP) is 10.8. The highest BCUT2D eigenvalue weighted by molar-refractivity contribution is 8.13. The Bertz CT molecular complexity index is 3850. The number of nitrogens with one attached hydrogen (secondary N) is 1. The monoisotopic (exact) mass is 1210 g/mol. The SMILES string of the molecule is CC(C)(C)OC(=O)N(c1ccc2c(cnn2C(=O)OC(C)(C)C)c1)c1nnc(-c2cncc(N)c2)s1.CC(C)(C)OC(=O)N(c1ccc2c(cnn2C(=O)OC(C)(C)C)c1)c1nnc(-c2cncc(NS(C)(=O)=O)c2)s1.CS(=O)(=O)Cl. The molecule has 0 aliphatic heterocycles. The number of aromatic nitrogens is 10. The van der Waals surface area contributed by atoms with Crippen molar-refractivity contribution in [2.24, 2.45) is 0 Å². The predicted molar refractivity (Wildman–Crippen MR) is 309 cm³/mol. The van der Waals surface area contributed by atoms with Crippen LogP contribution in [0.3, 0.4) is 0 Å². The number of fused-ring (bicyclic) bond motifs is 2. The van der Waals surface area contributed by atoms with Gasteiger partial charge in [-0.15, -0.1) is 20.4 Å². The fourth-order valence-electron chi connectivity index (χ4n) is 6.67. The van der Waals surface area contributed by atoms with Gasteiger partial charge in [-0.3, -0.25) is 14.7 Å². The van der Waals surface area contributed by atoms with Crippen LogP contribution in [0.25, 0.3) is 42.9 Å². The molecule has 0 saturated heterocycles. The van der Waals surface area contributed by atoms with E-state index in [1.165, 1.54) is 56.8 Å². The van der Waals surface area contributed by atoms with Crippen molar-refractivity contribution in [1.29, 1.82) is 0 Å². The van der Waals surface area contributed by atoms with Crippen molar-refractivity contribution in [3.63, 3.8) is 0 Å². The van der Waals surface area contributed by atoms with Crippen molar-refractivity contribution in [3.05, 3.63) is 85.7 Å². The van der Waals surface area contributed by atoms with E-state index >= 15 is 0 Å². The van der Waals surface area contributed by atoms with Crippen LogP contribution in [0.15, 0.2) is 85.7 Å². The number of benzene rings is 2. The number of anilines is 6. The van der Waals surface area contributed by atoms with Gasteiger partial charge >= 0.3 is 24.4 Å². The van der Waals surface area contributed by atoms with Crippen LogP contribution in [-0.2, 0) is 38.0 Å². The first-order valence-electron chi connectivity index (χ1n) is 24.0. The number of pyridine rings is 2. The lowest BCUT2D eigenvalue weighted by atomic mass is 10.2. The molecule has 2 amide bonds. The van der Waals surface area contributed by atoms with Gasteiger partial charge in [0.05, 0.1) is 64.9 Å². The van der Waals surface area contributed by atoms with Crippen molar-refractivity contribution in [2.75, 3.05) is 32.8 Å². The van der Waals surface area contributed by atoms with E-state index < -0.39 is 65.9 Å². The van der Waals surface area contributed by atoms with E-state index in [0.29, 0.717) is 65.1 Å². The second kappa shape index (κ2) is 24.0. The van der Waals surface area contributed by atoms with Gasteiger partial charge in [0.25, 0.3) is 0 Å². The number of halogens is 1. The molecule has 2 aromatic carbocycles. The Labute approximate surface area is 479 Å². The first kappa shape index (κ1) is 62.3. The Morgan fingerprint density at radius 1 is 0.556 bits per heavy atom. The zero-order chi connectivity index (χ0) is 60.2. The van der Waals surface area contributed by atoms with Crippen LogP contribution in [0.4, 0.5) is 52.2 Å². The van der Waals surface area contributed by atoms with Crippen LogP contribution >= 0.6 is 33.4 Å². The normalized spacial score (nSPS) is 12.1. The molecule has 3 N–H and O–H groups in total. The van der Waals surface area contributed by atoms with Crippen molar-refractivity contribution in [2.45, 2.75) is 105 Å². The summed E-state index contributed by atoms with van der Waals surface area (Å²) in [4.78, 5) is 62.6. The van der Waals surface area contributed by atoms with Gasteiger partial charge in [-0.1, -0.05) is 22.7 Å². The smallest absolute Gasteiger partial charge is 0.435 e. The maximum absolute atomic E-state index is 13.4. The molecule has 0 aliphatic rings. The number of hydrogen-bond donors (Lipinski definition) is 2. The molecule has 0 unspecified atom stereocenters. The first-order chi connectivity index (χ1) is 37.3. The lowest BCUT2D eigenvalue weighted by Gasteiger charge is -2.25. The Balaban J connectivity index is 0.000000242. The molecule has 0 bridgehead atoms. The lowest BCUT2D eigenvalue weighted by molar-refractivity contribution is 0.0511. The number of nitrogens with two attached hydrogens (primary N) is 1. The number of rotatable bonds is 8. The minimum atomic E-state index is -3.51. The van der Waals surface area contributed by atoms with E-state index in [9.17, 15) is 36.0 Å². The summed E-state index contributed by atoms with van der Waals surface area (Å²) in [6.07, 6.45) is 8.46. The quantitative estimate of drug-likeness (QED) is 0.105. The van der Waals surface area contributed by atoms with Crippen molar-refractivity contribution in [3.8, 4) is 21.1 Å². The largest absolute Gasteiger partial charge is 0.443 e. The van der Waals surface area contributed by atoms with Crippen molar-refractivity contribution in [1.82, 2.24) is 49.9 Å². The van der Waals surface area contributed by atoms with E-state index in [0.717, 1.165) is 28.5 Å². The van der Waals surface area contributed by atoms with E-state index in [1.807, 2.05) is 0 Å². The molecule has 8 rings (SSSR count). The summed E-state index contributed by atoms with van der Waals surface area (Å²) in [5, 5.41) is 27.8. The molecule has 6 heterocycles. The summed E-state index contributed by atoms with van der Waals surface area (Å²) in [6, 6.07) is 13.3. The van der Waals surface area contributed by atoms with Crippen LogP contribution in [0.5, 0.6) is 0 Å². The number of amides is 2. The highest BCUT2D eigenvalue weighted by Crippen LogP contribution is 2.38. The number of carbonyl (C=O) groups excluding carboxylic acids is 4. The fourth-order valence-corrected chi connectivity index (χ4v) is 8.88. The number of hydrogen-bond acceptors (Lipinski definition) is 23. The summed E-state index contributed by atoms with van der Waals surface area (Å²) in [5.74, 6) is 0. The summed E-state index contributed by atoms with van der Waals surface area (Å²) < 4.78 is 68.9. The average Bonchev–Trinajstić information content (AvgIpc) is 4.14. The summed E-state index contributed by atoms with van der Waals surface area (Å²) >= 11 is 2.27. The minimum absolute atomic E-state index is 0.199. The second-order valence-corrected chi connectivity index (χ2v) is 28.2. The molecule has 31 heteroatoms. The molecule has 0 spiro atoms. The van der Waals surface area contributed by atoms with Gasteiger partial charge < -0.3 is 24.7 Å². The molecule has 0 radical (unpaired) electrons. The van der Waals surface area contributed by atoms with Gasteiger partial charge in [0.2, 0.25) is 29.3 Å². The molecule has 26 nitrogen and oxygen atoms in total. The topological polar surface area (TPSA) is 331 Å². The molecule has 6 aromatic heterocycles. The van der Waals surface area contributed by atoms with Crippen molar-refractivity contribution < 1.29 is 55.0 Å². The Morgan fingerprint density at radius 3 is 1.31 bits per heavy atom. The highest BCUT2D eigenvalue weighted by Gasteiger charge is 2.31. The maximum atomic E-state index is 13.4. The van der Waals surface area contributed by atoms with Gasteiger partial charge in [0.15, 0.2) is 10.0 Å². The number of ether oxygens (including phenoxy) is 4. The van der Waals surface area contributed by atoms with Crippen LogP contribution in [-0.4, -0.2) is 126 Å². The molecule has 432 valence electrons. The molecule has 8 aromatic rings. The highest BCUT2D eigenvalue weighted by atomic mass is 35.7. The number of carbonyl (C=O) groups is 4. The lowest BCUT2D eigenvalue weighted by Crippen LogP contribution is -2.33. The fraction of sp³-hybridized carbons (Fsp3) is 0.360. The van der Waals surface area contributed by atoms with Gasteiger partial charge in [-0.05, 0) is 132 Å². The minimum Gasteiger partial charge on any atom is -0.443 e. The van der Waals surface area contributed by atoms with E-state index in [-0.39, 0.29) is 10.8 Å². The number of sulfonamides is 1. The van der Waals surface area contributed by atoms with Gasteiger partial charge in [0.1, 0.15) is 22.4 Å². The maximum Gasteiger partial charge on any atom is 0.435 e. The van der Waals surface area contributed by atoms with Crippen LogP contribution in [0.2, 0.25) is 0 Å². The summed E-state index contributed by atoms with van der Waals surface area (Å²) in [5.41, 5.74) is 6.74. The molecule has 0 aliphatic carbocycles. The Hall–Kier alpha value is -7.93. The standard InChI is InChI=1S/C25H29N7O6S2.C24H27N7O4S.CH3ClO2S/c1-24(2,3)37-22(33)31(18-8-9-19-15(11-18)13-27-32(19)23(34)38-25(4,5)6)21-29-28-20(39-21)16-10-17(14-26-12-16)30-40(7,35)36;1-23(2,3)34-21(32)30(20-29-28-19(36-20)15-9-16(25)13-26-11-15)17-7-8-18-14(10-17)12-27-31(18)22(33)35-24(4,5)6;1-5(2,3)4/h8-14,30H,1-7H3;7-13H,25H2,1-6H3;1H3. The average molecular weight is 1210 g/mol. The van der Waals surface area contributed by atoms with Crippen molar-refractivity contribution >= 4 is 132 Å². The first-order valence-corrected chi connectivity index (χ1v) is 30.2. The third kappa shape index (κ3) is 18.3. The van der Waals surface area contributed by atoms with Gasteiger partial charge in [0, 0.05) is 51.2 Å². The third-order valence-corrected chi connectivity index (χ3v) is 11.9. The molecule has 0 atom stereocenters. The molecule has 81 heavy (non-hydrogen) atoms. The van der Waals surface area contributed by atoms with Gasteiger partial charge in [-0.2, -0.15) is 19.6 Å². The Morgan fingerprint density at radius 2 is 0.938 bits per heavy atom. The van der Waals surface area contributed by atoms with Crippen LogP contribution in [0, 0.1) is 0 Å². The van der Waals surface area contributed by atoms with Crippen LogP contribution in [0.1, 0.15) is 83.1 Å². The zero-order valence-electron chi connectivity index (χ0n) is 46.4. The molecule has 0 fully saturated rings. The van der Waals surface area contributed by atoms with Crippen LogP contribution < -0.4 is 20.3 Å². The second-order valence-electron chi connectivity index (χ2n) is 21.5. The Kier molecular flexibility index (Phi) is 18.5. The summed E-state index contributed by atoms with van der Waals surface area (Å²) in [7, 11) is -2.20. The molecule has 0 saturated carbocycles. The van der Waals surface area contributed by atoms with E-state index in [2.05, 4.69) is 56.0 Å². The molecular formula is C50H59ClN14O12S4. The van der Waals surface area contributed by atoms with E-state index in [4.69, 9.17) is 24.7 Å². The van der Waals surface area contributed by atoms with Gasteiger partial charge in [-0.25, -0.2) is 45.8 Å². The zero-order valence-corrected chi connectivity index (χ0v) is 50.5.